The maximum absolute atomic E-state index is 12.2. The molecule has 1 amide bonds. The van der Waals surface area contributed by atoms with Crippen LogP contribution in [-0.4, -0.2) is 26.5 Å². The highest BCUT2D eigenvalue weighted by atomic mass is 16.5. The average Bonchev–Trinajstić information content (AvgIpc) is 3.12. The Bertz CT molecular complexity index is 796. The van der Waals surface area contributed by atoms with Gasteiger partial charge < -0.3 is 10.1 Å². The Morgan fingerprint density at radius 1 is 1.21 bits per heavy atom. The van der Waals surface area contributed by atoms with Gasteiger partial charge in [0.2, 0.25) is 0 Å². The molecule has 1 N–H and O–H groups in total. The average molecular weight is 322 g/mol. The van der Waals surface area contributed by atoms with Gasteiger partial charge in [-0.3, -0.25) is 9.36 Å². The third-order valence-corrected chi connectivity index (χ3v) is 3.49. The maximum atomic E-state index is 12.2. The molecule has 0 saturated carbocycles. The molecule has 0 aliphatic carbocycles. The number of hydrogen-bond donors (Lipinski definition) is 1. The highest BCUT2D eigenvalue weighted by Gasteiger charge is 2.15. The first-order chi connectivity index (χ1) is 11.6. The summed E-state index contributed by atoms with van der Waals surface area (Å²) in [5.74, 6) is 1.17. The lowest BCUT2D eigenvalue weighted by atomic mass is 10.2. The van der Waals surface area contributed by atoms with Crippen molar-refractivity contribution in [3.63, 3.8) is 0 Å². The predicted molar refractivity (Wildman–Crippen MR) is 91.3 cm³/mol. The maximum Gasteiger partial charge on any atom is 0.265 e. The minimum absolute atomic E-state index is 0.229. The van der Waals surface area contributed by atoms with Gasteiger partial charge in [-0.05, 0) is 38.1 Å². The molecule has 2 heterocycles. The van der Waals surface area contributed by atoms with E-state index in [0.29, 0.717) is 11.4 Å². The van der Waals surface area contributed by atoms with Crippen LogP contribution >= 0.6 is 0 Å². The van der Waals surface area contributed by atoms with Crippen LogP contribution in [0.1, 0.15) is 12.5 Å². The number of hydrogen-bond acceptors (Lipinski definition) is 4. The second kappa shape index (κ2) is 6.95. The van der Waals surface area contributed by atoms with Crippen molar-refractivity contribution in [2.45, 2.75) is 20.0 Å². The van der Waals surface area contributed by atoms with Crippen molar-refractivity contribution in [3.05, 3.63) is 66.9 Å². The number of rotatable bonds is 5. The van der Waals surface area contributed by atoms with E-state index in [-0.39, 0.29) is 5.91 Å². The number of aryl methyl sites for hydroxylation is 1. The zero-order valence-electron chi connectivity index (χ0n) is 13.5. The Morgan fingerprint density at radius 2 is 2.00 bits per heavy atom. The van der Waals surface area contributed by atoms with Gasteiger partial charge in [-0.1, -0.05) is 17.7 Å². The number of carbonyl (C=O) groups is 1. The van der Waals surface area contributed by atoms with Crippen molar-refractivity contribution < 1.29 is 9.53 Å². The highest BCUT2D eigenvalue weighted by Crippen LogP contribution is 2.15. The summed E-state index contributed by atoms with van der Waals surface area (Å²) in [4.78, 5) is 20.5. The van der Waals surface area contributed by atoms with Crippen molar-refractivity contribution in [1.82, 2.24) is 14.5 Å². The fourth-order valence-corrected chi connectivity index (χ4v) is 2.13. The van der Waals surface area contributed by atoms with E-state index in [1.54, 1.807) is 42.5 Å². The van der Waals surface area contributed by atoms with Crippen LogP contribution in [0.3, 0.4) is 0 Å². The van der Waals surface area contributed by atoms with Gasteiger partial charge in [-0.15, -0.1) is 0 Å². The summed E-state index contributed by atoms with van der Waals surface area (Å²) >= 11 is 0. The largest absolute Gasteiger partial charge is 0.481 e. The Kier molecular flexibility index (Phi) is 4.56. The molecule has 0 spiro atoms. The number of nitrogens with one attached hydrogen (secondary N) is 1. The second-order valence-electron chi connectivity index (χ2n) is 5.44. The third-order valence-electron chi connectivity index (χ3n) is 3.49. The van der Waals surface area contributed by atoms with Crippen molar-refractivity contribution >= 4 is 11.6 Å². The van der Waals surface area contributed by atoms with Gasteiger partial charge in [0.1, 0.15) is 17.9 Å². The van der Waals surface area contributed by atoms with E-state index in [1.807, 2.05) is 37.3 Å². The number of aromatic nitrogens is 3. The Morgan fingerprint density at radius 3 is 2.62 bits per heavy atom. The van der Waals surface area contributed by atoms with Gasteiger partial charge in [0.05, 0.1) is 11.9 Å². The number of benzene rings is 1. The van der Waals surface area contributed by atoms with Crippen LogP contribution in [0.25, 0.3) is 5.82 Å². The zero-order valence-corrected chi connectivity index (χ0v) is 13.5. The molecule has 0 aliphatic rings. The van der Waals surface area contributed by atoms with E-state index in [4.69, 9.17) is 4.74 Å². The van der Waals surface area contributed by atoms with E-state index in [1.165, 1.54) is 0 Å². The quantitative estimate of drug-likeness (QED) is 0.784. The SMILES string of the molecule is Cc1ccc(OC(C)C(=O)Nc2ccc(-n3ccnc3)nc2)cc1. The summed E-state index contributed by atoms with van der Waals surface area (Å²) in [6.45, 7) is 3.71. The van der Waals surface area contributed by atoms with Crippen LogP contribution in [0.15, 0.2) is 61.3 Å². The summed E-state index contributed by atoms with van der Waals surface area (Å²) in [7, 11) is 0. The lowest BCUT2D eigenvalue weighted by Gasteiger charge is -2.15. The number of anilines is 1. The van der Waals surface area contributed by atoms with Crippen LogP contribution in [0.2, 0.25) is 0 Å². The van der Waals surface area contributed by atoms with Gasteiger partial charge in [-0.25, -0.2) is 9.97 Å². The topological polar surface area (TPSA) is 69.0 Å². The van der Waals surface area contributed by atoms with Crippen LogP contribution in [-0.2, 0) is 4.79 Å². The number of carbonyl (C=O) groups excluding carboxylic acids is 1. The van der Waals surface area contributed by atoms with E-state index in [2.05, 4.69) is 15.3 Å². The first kappa shape index (κ1) is 15.7. The standard InChI is InChI=1S/C18H18N4O2/c1-13-3-6-16(7-4-13)24-14(2)18(23)21-15-5-8-17(20-11-15)22-10-9-19-12-22/h3-12,14H,1-2H3,(H,21,23). The summed E-state index contributed by atoms with van der Waals surface area (Å²) in [5.41, 5.74) is 1.76. The molecule has 122 valence electrons. The van der Waals surface area contributed by atoms with Crippen molar-refractivity contribution in [2.24, 2.45) is 0 Å². The van der Waals surface area contributed by atoms with Gasteiger partial charge in [0.15, 0.2) is 6.10 Å². The fourth-order valence-electron chi connectivity index (χ4n) is 2.13. The van der Waals surface area contributed by atoms with Crippen molar-refractivity contribution in [3.8, 4) is 11.6 Å². The molecule has 0 saturated heterocycles. The molecule has 24 heavy (non-hydrogen) atoms. The van der Waals surface area contributed by atoms with Crippen LogP contribution < -0.4 is 10.1 Å². The van der Waals surface area contributed by atoms with E-state index < -0.39 is 6.10 Å². The number of amides is 1. The molecule has 0 bridgehead atoms. The molecule has 1 aromatic carbocycles. The van der Waals surface area contributed by atoms with Crippen molar-refractivity contribution in [2.75, 3.05) is 5.32 Å². The molecule has 0 fully saturated rings. The monoisotopic (exact) mass is 322 g/mol. The van der Waals surface area contributed by atoms with Crippen LogP contribution in [0, 0.1) is 6.92 Å². The number of imidazole rings is 1. The Balaban J connectivity index is 1.60. The first-order valence-corrected chi connectivity index (χ1v) is 7.60. The molecule has 6 nitrogen and oxygen atoms in total. The summed E-state index contributed by atoms with van der Waals surface area (Å²) < 4.78 is 7.43. The second-order valence-corrected chi connectivity index (χ2v) is 5.44. The van der Waals surface area contributed by atoms with Crippen LogP contribution in [0.5, 0.6) is 5.75 Å². The molecule has 1 atom stereocenters. The van der Waals surface area contributed by atoms with E-state index >= 15 is 0 Å². The minimum atomic E-state index is -0.610. The smallest absolute Gasteiger partial charge is 0.265 e. The highest BCUT2D eigenvalue weighted by molar-refractivity contribution is 5.94. The molecule has 3 aromatic rings. The third kappa shape index (κ3) is 3.78. The number of nitrogens with zero attached hydrogens (tertiary/aromatic N) is 3. The fraction of sp³-hybridized carbons (Fsp3) is 0.167. The lowest BCUT2D eigenvalue weighted by Crippen LogP contribution is -2.30. The summed E-state index contributed by atoms with van der Waals surface area (Å²) in [6.07, 6.45) is 6.14. The van der Waals surface area contributed by atoms with Crippen molar-refractivity contribution in [1.29, 1.82) is 0 Å². The first-order valence-electron chi connectivity index (χ1n) is 7.60. The normalized spacial score (nSPS) is 11.8. The number of pyridine rings is 1. The molecule has 6 heteroatoms. The molecule has 2 aromatic heterocycles. The molecular formula is C18H18N4O2. The predicted octanol–water partition coefficient (Wildman–Crippen LogP) is 2.98. The van der Waals surface area contributed by atoms with Gasteiger partial charge in [-0.2, -0.15) is 0 Å². The molecular weight excluding hydrogens is 304 g/mol. The Labute approximate surface area is 140 Å². The van der Waals surface area contributed by atoms with E-state index in [9.17, 15) is 4.79 Å². The molecule has 0 aliphatic heterocycles. The molecule has 0 radical (unpaired) electrons. The lowest BCUT2D eigenvalue weighted by molar-refractivity contribution is -0.122. The van der Waals surface area contributed by atoms with Gasteiger partial charge in [0.25, 0.3) is 5.91 Å². The van der Waals surface area contributed by atoms with Crippen LogP contribution in [0.4, 0.5) is 5.69 Å². The minimum Gasteiger partial charge on any atom is -0.481 e. The molecule has 3 rings (SSSR count). The van der Waals surface area contributed by atoms with Gasteiger partial charge >= 0.3 is 0 Å². The summed E-state index contributed by atoms with van der Waals surface area (Å²) in [5, 5.41) is 2.79. The zero-order chi connectivity index (χ0) is 16.9. The Hall–Kier alpha value is -3.15. The van der Waals surface area contributed by atoms with E-state index in [0.717, 1.165) is 11.4 Å². The number of ether oxygens (including phenoxy) is 1. The van der Waals surface area contributed by atoms with Gasteiger partial charge in [0, 0.05) is 12.4 Å². The molecule has 1 unspecified atom stereocenters. The summed E-state index contributed by atoms with van der Waals surface area (Å²) in [6, 6.07) is 11.2.